The summed E-state index contributed by atoms with van der Waals surface area (Å²) in [6, 6.07) is 12.1. The number of hydrogen-bond donors (Lipinski definition) is 1. The van der Waals surface area contributed by atoms with Crippen LogP contribution in [0.15, 0.2) is 50.9 Å². The van der Waals surface area contributed by atoms with E-state index in [2.05, 4.69) is 45.3 Å². The number of halogens is 1. The summed E-state index contributed by atoms with van der Waals surface area (Å²) in [6.45, 7) is 3.91. The highest BCUT2D eigenvalue weighted by Gasteiger charge is 2.08. The topological polar surface area (TPSA) is 48.7 Å². The Morgan fingerprint density at radius 1 is 1.38 bits per heavy atom. The molecule has 1 aromatic heterocycles. The first kappa shape index (κ1) is 16.0. The van der Waals surface area contributed by atoms with Gasteiger partial charge in [-0.3, -0.25) is 0 Å². The van der Waals surface area contributed by atoms with E-state index in [1.54, 1.807) is 6.20 Å². The van der Waals surface area contributed by atoms with Gasteiger partial charge in [-0.25, -0.2) is 4.98 Å². The van der Waals surface area contributed by atoms with Crippen molar-refractivity contribution in [1.82, 2.24) is 10.3 Å². The average Bonchev–Trinajstić information content (AvgIpc) is 2.51. The lowest BCUT2D eigenvalue weighted by Gasteiger charge is -2.08. The van der Waals surface area contributed by atoms with E-state index in [1.165, 1.54) is 11.8 Å². The van der Waals surface area contributed by atoms with Gasteiger partial charge in [-0.1, -0.05) is 24.8 Å². The summed E-state index contributed by atoms with van der Waals surface area (Å²) in [4.78, 5) is 5.25. The number of nitrogens with zero attached hydrogens (tertiary/aromatic N) is 2. The zero-order chi connectivity index (χ0) is 15.1. The fourth-order valence-electron chi connectivity index (χ4n) is 1.82. The van der Waals surface area contributed by atoms with Gasteiger partial charge in [0, 0.05) is 17.6 Å². The first-order valence-corrected chi connectivity index (χ1v) is 8.37. The molecule has 0 unspecified atom stereocenters. The Balaban J connectivity index is 2.17. The quantitative estimate of drug-likeness (QED) is 0.776. The van der Waals surface area contributed by atoms with Crippen molar-refractivity contribution in [1.29, 1.82) is 5.26 Å². The van der Waals surface area contributed by atoms with Crippen molar-refractivity contribution in [2.75, 3.05) is 6.54 Å². The van der Waals surface area contributed by atoms with Crippen molar-refractivity contribution in [2.24, 2.45) is 0 Å². The Bertz CT molecular complexity index is 652. The molecule has 5 heteroatoms. The molecular formula is C16H16BrN3S. The summed E-state index contributed by atoms with van der Waals surface area (Å²) in [5.74, 6) is 0. The summed E-state index contributed by atoms with van der Waals surface area (Å²) in [5, 5.41) is 13.6. The molecule has 108 valence electrons. The Morgan fingerprint density at radius 2 is 2.24 bits per heavy atom. The van der Waals surface area contributed by atoms with Crippen molar-refractivity contribution < 1.29 is 0 Å². The predicted octanol–water partition coefficient (Wildman–Crippen LogP) is 4.37. The second-order valence-electron chi connectivity index (χ2n) is 4.51. The number of nitrogens with one attached hydrogen (secondary N) is 1. The molecule has 0 amide bonds. The molecule has 3 nitrogen and oxygen atoms in total. The Kier molecular flexibility index (Phi) is 6.24. The van der Waals surface area contributed by atoms with Crippen molar-refractivity contribution in [3.8, 4) is 6.07 Å². The molecule has 0 aliphatic rings. The second-order valence-corrected chi connectivity index (χ2v) is 6.40. The fourth-order valence-corrected chi connectivity index (χ4v) is 3.16. The predicted molar refractivity (Wildman–Crippen MR) is 89.2 cm³/mol. The normalized spacial score (nSPS) is 10.3. The van der Waals surface area contributed by atoms with Crippen molar-refractivity contribution in [3.05, 3.63) is 52.1 Å². The highest BCUT2D eigenvalue weighted by molar-refractivity contribution is 9.10. The molecule has 0 fully saturated rings. The maximum atomic E-state index is 9.35. The lowest BCUT2D eigenvalue weighted by atomic mass is 10.1. The Morgan fingerprint density at radius 3 is 2.95 bits per heavy atom. The van der Waals surface area contributed by atoms with Gasteiger partial charge >= 0.3 is 0 Å². The van der Waals surface area contributed by atoms with Gasteiger partial charge in [-0.2, -0.15) is 5.26 Å². The monoisotopic (exact) mass is 361 g/mol. The van der Waals surface area contributed by atoms with Crippen LogP contribution >= 0.6 is 27.7 Å². The first-order valence-electron chi connectivity index (χ1n) is 6.76. The zero-order valence-electron chi connectivity index (χ0n) is 11.8. The van der Waals surface area contributed by atoms with E-state index >= 15 is 0 Å². The van der Waals surface area contributed by atoms with Crippen LogP contribution < -0.4 is 5.32 Å². The summed E-state index contributed by atoms with van der Waals surface area (Å²) < 4.78 is 0.938. The SMILES string of the molecule is CCCNCc1ccc(Sc2ncccc2Br)c(C#N)c1. The van der Waals surface area contributed by atoms with E-state index in [0.717, 1.165) is 39.5 Å². The highest BCUT2D eigenvalue weighted by atomic mass is 79.9. The standard InChI is InChI=1S/C16H16BrN3S/c1-2-7-19-11-12-5-6-15(13(9-12)10-18)21-16-14(17)4-3-8-20-16/h3-6,8-9,19H,2,7,11H2,1H3. The van der Waals surface area contributed by atoms with Gasteiger partial charge in [0.2, 0.25) is 0 Å². The molecular weight excluding hydrogens is 346 g/mol. The van der Waals surface area contributed by atoms with Gasteiger partial charge < -0.3 is 5.32 Å². The van der Waals surface area contributed by atoms with Crippen LogP contribution in [0.5, 0.6) is 0 Å². The van der Waals surface area contributed by atoms with Gasteiger partial charge in [-0.15, -0.1) is 0 Å². The van der Waals surface area contributed by atoms with Crippen molar-refractivity contribution in [3.63, 3.8) is 0 Å². The van der Waals surface area contributed by atoms with Crippen LogP contribution in [-0.4, -0.2) is 11.5 Å². The van der Waals surface area contributed by atoms with E-state index in [-0.39, 0.29) is 0 Å². The molecule has 21 heavy (non-hydrogen) atoms. The molecule has 0 aliphatic carbocycles. The van der Waals surface area contributed by atoms with Crippen LogP contribution in [0.25, 0.3) is 0 Å². The molecule has 1 heterocycles. The van der Waals surface area contributed by atoms with Crippen LogP contribution in [0, 0.1) is 11.3 Å². The van der Waals surface area contributed by atoms with Crippen LogP contribution in [0.2, 0.25) is 0 Å². The minimum atomic E-state index is 0.688. The number of rotatable bonds is 6. The molecule has 0 saturated heterocycles. The van der Waals surface area contributed by atoms with Gasteiger partial charge in [-0.05, 0) is 58.7 Å². The van der Waals surface area contributed by atoms with E-state index in [4.69, 9.17) is 0 Å². The van der Waals surface area contributed by atoms with Gasteiger partial charge in [0.25, 0.3) is 0 Å². The van der Waals surface area contributed by atoms with E-state index in [9.17, 15) is 5.26 Å². The van der Waals surface area contributed by atoms with E-state index < -0.39 is 0 Å². The average molecular weight is 362 g/mol. The fraction of sp³-hybridized carbons (Fsp3) is 0.250. The van der Waals surface area contributed by atoms with Crippen LogP contribution in [0.3, 0.4) is 0 Å². The Hall–Kier alpha value is -1.35. The molecule has 1 N–H and O–H groups in total. The number of hydrogen-bond acceptors (Lipinski definition) is 4. The van der Waals surface area contributed by atoms with Crippen molar-refractivity contribution >= 4 is 27.7 Å². The maximum absolute atomic E-state index is 9.35. The summed E-state index contributed by atoms with van der Waals surface area (Å²) in [7, 11) is 0. The number of pyridine rings is 1. The number of aromatic nitrogens is 1. The minimum Gasteiger partial charge on any atom is -0.313 e. The molecule has 0 bridgehead atoms. The zero-order valence-corrected chi connectivity index (χ0v) is 14.2. The first-order chi connectivity index (χ1) is 10.2. The maximum Gasteiger partial charge on any atom is 0.115 e. The summed E-state index contributed by atoms with van der Waals surface area (Å²) in [5.41, 5.74) is 1.82. The number of benzene rings is 1. The van der Waals surface area contributed by atoms with E-state index in [0.29, 0.717) is 5.56 Å². The lowest BCUT2D eigenvalue weighted by molar-refractivity contribution is 0.675. The highest BCUT2D eigenvalue weighted by Crippen LogP contribution is 2.33. The van der Waals surface area contributed by atoms with Crippen molar-refractivity contribution in [2.45, 2.75) is 29.8 Å². The van der Waals surface area contributed by atoms with E-state index in [1.807, 2.05) is 24.3 Å². The summed E-state index contributed by atoms with van der Waals surface area (Å²) in [6.07, 6.45) is 2.86. The molecule has 2 rings (SSSR count). The smallest absolute Gasteiger partial charge is 0.115 e. The summed E-state index contributed by atoms with van der Waals surface area (Å²) >= 11 is 4.98. The molecule has 1 aromatic carbocycles. The molecule has 0 saturated carbocycles. The third-order valence-electron chi connectivity index (χ3n) is 2.85. The van der Waals surface area contributed by atoms with Gasteiger partial charge in [0.05, 0.1) is 10.0 Å². The third-order valence-corrected chi connectivity index (χ3v) is 4.85. The lowest BCUT2D eigenvalue weighted by Crippen LogP contribution is -2.13. The Labute approximate surface area is 137 Å². The van der Waals surface area contributed by atoms with Crippen LogP contribution in [0.4, 0.5) is 0 Å². The molecule has 0 aliphatic heterocycles. The minimum absolute atomic E-state index is 0.688. The molecule has 0 radical (unpaired) electrons. The van der Waals surface area contributed by atoms with Gasteiger partial charge in [0.1, 0.15) is 11.1 Å². The third kappa shape index (κ3) is 4.57. The number of nitriles is 1. The largest absolute Gasteiger partial charge is 0.313 e. The molecule has 0 spiro atoms. The molecule has 2 aromatic rings. The molecule has 0 atom stereocenters. The van der Waals surface area contributed by atoms with Crippen LogP contribution in [-0.2, 0) is 6.54 Å². The van der Waals surface area contributed by atoms with Crippen LogP contribution in [0.1, 0.15) is 24.5 Å². The second kappa shape index (κ2) is 8.18. The van der Waals surface area contributed by atoms with Gasteiger partial charge in [0.15, 0.2) is 0 Å².